The molecular formula is C40H48CoN2O6. The molecule has 8 nitrogen and oxygen atoms in total. The molecule has 0 fully saturated rings. The number of carboxylic acid groups (broad SMARTS) is 2. The molecule has 0 atom stereocenters. The van der Waals surface area contributed by atoms with Gasteiger partial charge < -0.3 is 30.0 Å². The first-order valence-corrected chi connectivity index (χ1v) is 16.2. The first kappa shape index (κ1) is 42.5. The zero-order chi connectivity index (χ0) is 36.0. The Balaban J connectivity index is 0.00000120. The van der Waals surface area contributed by atoms with Gasteiger partial charge >= 0.3 is 16.8 Å². The van der Waals surface area contributed by atoms with E-state index >= 15 is 0 Å². The van der Waals surface area contributed by atoms with Gasteiger partial charge in [-0.15, -0.1) is 0 Å². The number of aliphatic carboxylic acids is 2. The SMILES string of the molecule is CC(=O)[O-].CC(=O)[O-].Cc1cc(CCC(C)C)cc(C=Nc2cccc3cccc(N=Cc4cc(CCC(C)C)cc(C)c4O)c23)c1O.[Co+2]. The van der Waals surface area contributed by atoms with E-state index in [0.717, 1.165) is 83.9 Å². The Hall–Kier alpha value is -4.47. The first-order chi connectivity index (χ1) is 22.6. The number of benzene rings is 4. The van der Waals surface area contributed by atoms with E-state index in [1.807, 2.05) is 50.2 Å². The minimum absolute atomic E-state index is 0. The number of fused-ring (bicyclic) bond motifs is 1. The number of rotatable bonds is 10. The van der Waals surface area contributed by atoms with Crippen molar-refractivity contribution in [3.63, 3.8) is 0 Å². The molecule has 4 aromatic rings. The van der Waals surface area contributed by atoms with Gasteiger partial charge in [0.15, 0.2) is 0 Å². The average molecular weight is 712 g/mol. The number of nitrogens with zero attached hydrogens (tertiary/aromatic N) is 2. The minimum atomic E-state index is -1.08. The third-order valence-corrected chi connectivity index (χ3v) is 7.35. The molecule has 0 aromatic heterocycles. The summed E-state index contributed by atoms with van der Waals surface area (Å²) in [6, 6.07) is 20.2. The number of phenols is 2. The van der Waals surface area contributed by atoms with E-state index in [4.69, 9.17) is 29.8 Å². The molecule has 49 heavy (non-hydrogen) atoms. The molecule has 0 bridgehead atoms. The standard InChI is InChI=1S/C36H42N2O2.2C2H4O2.Co/c1-23(2)13-15-27-17-25(5)35(39)30(19-27)21-37-32-11-7-9-29-10-8-12-33(34(29)32)38-22-31-20-28(16-14-24(3)4)18-26(6)36(31)40;2*1-2(3)4;/h7-12,17-24,39-40H,13-16H2,1-6H3;2*1H3,(H,3,4);/q;;;+2/p-2. The molecule has 2 N–H and O–H groups in total. The van der Waals surface area contributed by atoms with E-state index in [9.17, 15) is 10.2 Å². The summed E-state index contributed by atoms with van der Waals surface area (Å²) in [5.41, 5.74) is 7.12. The van der Waals surface area contributed by atoms with Crippen LogP contribution in [0.3, 0.4) is 0 Å². The van der Waals surface area contributed by atoms with Crippen molar-refractivity contribution >= 4 is 46.5 Å². The van der Waals surface area contributed by atoms with Crippen LogP contribution >= 0.6 is 0 Å². The summed E-state index contributed by atoms with van der Waals surface area (Å²) < 4.78 is 0. The number of carbonyl (C=O) groups is 2. The summed E-state index contributed by atoms with van der Waals surface area (Å²) in [5, 5.41) is 41.2. The maximum absolute atomic E-state index is 10.8. The van der Waals surface area contributed by atoms with Gasteiger partial charge in [0.05, 0.1) is 11.4 Å². The molecule has 4 rings (SSSR count). The van der Waals surface area contributed by atoms with Gasteiger partial charge in [-0.25, -0.2) is 0 Å². The largest absolute Gasteiger partial charge is 2.00 e. The van der Waals surface area contributed by atoms with E-state index < -0.39 is 11.9 Å². The second-order valence-electron chi connectivity index (χ2n) is 12.7. The molecule has 0 aliphatic heterocycles. The van der Waals surface area contributed by atoms with Crippen molar-refractivity contribution in [3.8, 4) is 11.5 Å². The number of carbonyl (C=O) groups excluding carboxylic acids is 2. The number of carboxylic acids is 2. The van der Waals surface area contributed by atoms with Crippen molar-refractivity contribution in [1.82, 2.24) is 0 Å². The monoisotopic (exact) mass is 711 g/mol. The van der Waals surface area contributed by atoms with Crippen LogP contribution in [-0.4, -0.2) is 34.6 Å². The van der Waals surface area contributed by atoms with Gasteiger partial charge in [-0.3, -0.25) is 9.98 Å². The van der Waals surface area contributed by atoms with Crippen LogP contribution in [0.15, 0.2) is 70.6 Å². The summed E-state index contributed by atoms with van der Waals surface area (Å²) in [5.74, 6) is -0.402. The van der Waals surface area contributed by atoms with Crippen LogP contribution in [0.4, 0.5) is 11.4 Å². The molecule has 0 amide bonds. The van der Waals surface area contributed by atoms with Gasteiger partial charge in [0, 0.05) is 40.9 Å². The maximum atomic E-state index is 10.8. The van der Waals surface area contributed by atoms with Crippen LogP contribution in [-0.2, 0) is 39.2 Å². The van der Waals surface area contributed by atoms with E-state index in [0.29, 0.717) is 11.8 Å². The van der Waals surface area contributed by atoms with Crippen molar-refractivity contribution < 1.29 is 46.8 Å². The molecule has 1 radical (unpaired) electrons. The average Bonchev–Trinajstić information content (AvgIpc) is 3.00. The van der Waals surface area contributed by atoms with E-state index in [1.165, 1.54) is 11.1 Å². The summed E-state index contributed by atoms with van der Waals surface area (Å²) in [7, 11) is 0. The van der Waals surface area contributed by atoms with Gasteiger partial charge in [-0.05, 0) is 117 Å². The van der Waals surface area contributed by atoms with Gasteiger partial charge in [-0.1, -0.05) is 64.1 Å². The number of aromatic hydroxyl groups is 2. The van der Waals surface area contributed by atoms with E-state index in [-0.39, 0.29) is 28.3 Å². The summed E-state index contributed by atoms with van der Waals surface area (Å²) in [4.78, 5) is 27.5. The molecule has 0 saturated heterocycles. The Labute approximate surface area is 300 Å². The van der Waals surface area contributed by atoms with Crippen LogP contribution in [0, 0.1) is 25.7 Å². The van der Waals surface area contributed by atoms with E-state index in [2.05, 4.69) is 52.0 Å². The third-order valence-electron chi connectivity index (χ3n) is 7.35. The predicted octanol–water partition coefficient (Wildman–Crippen LogP) is 7.06. The smallest absolute Gasteiger partial charge is 0.550 e. The van der Waals surface area contributed by atoms with Gasteiger partial charge in [-0.2, -0.15) is 0 Å². The fraction of sp³-hybridized carbons (Fsp3) is 0.350. The fourth-order valence-electron chi connectivity index (χ4n) is 4.96. The molecule has 9 heteroatoms. The zero-order valence-electron chi connectivity index (χ0n) is 29.7. The second-order valence-corrected chi connectivity index (χ2v) is 12.7. The second kappa shape index (κ2) is 20.8. The number of hydrogen-bond donors (Lipinski definition) is 2. The van der Waals surface area contributed by atoms with Gasteiger partial charge in [0.1, 0.15) is 11.5 Å². The van der Waals surface area contributed by atoms with Crippen molar-refractivity contribution in [1.29, 1.82) is 0 Å². The van der Waals surface area contributed by atoms with Crippen LogP contribution in [0.1, 0.15) is 87.8 Å². The molecule has 0 heterocycles. The Kier molecular flexibility index (Phi) is 18.1. The molecule has 0 unspecified atom stereocenters. The first-order valence-electron chi connectivity index (χ1n) is 16.2. The predicted molar refractivity (Wildman–Crippen MR) is 192 cm³/mol. The summed E-state index contributed by atoms with van der Waals surface area (Å²) in [6.45, 7) is 14.7. The quantitative estimate of drug-likeness (QED) is 0.169. The van der Waals surface area contributed by atoms with Gasteiger partial charge in [0.2, 0.25) is 0 Å². The Morgan fingerprint density at radius 3 is 1.37 bits per heavy atom. The van der Waals surface area contributed by atoms with Crippen molar-refractivity contribution in [2.24, 2.45) is 21.8 Å². The molecule has 0 spiro atoms. The normalized spacial score (nSPS) is 10.9. The zero-order valence-corrected chi connectivity index (χ0v) is 30.7. The Morgan fingerprint density at radius 1 is 0.694 bits per heavy atom. The number of aliphatic imine (C=N–C) groups is 2. The van der Waals surface area contributed by atoms with Crippen LogP contribution in [0.2, 0.25) is 0 Å². The molecule has 0 aliphatic rings. The molecule has 0 aliphatic carbocycles. The summed E-state index contributed by atoms with van der Waals surface area (Å²) >= 11 is 0. The maximum Gasteiger partial charge on any atom is 2.00 e. The van der Waals surface area contributed by atoms with Crippen LogP contribution in [0.25, 0.3) is 10.8 Å². The van der Waals surface area contributed by atoms with Crippen molar-refractivity contribution in [2.75, 3.05) is 0 Å². The Bertz CT molecular complexity index is 1630. The molecule has 263 valence electrons. The van der Waals surface area contributed by atoms with Crippen molar-refractivity contribution in [3.05, 3.63) is 94.0 Å². The van der Waals surface area contributed by atoms with E-state index in [1.54, 1.807) is 12.4 Å². The van der Waals surface area contributed by atoms with Gasteiger partial charge in [0.25, 0.3) is 0 Å². The minimum Gasteiger partial charge on any atom is -0.550 e. The van der Waals surface area contributed by atoms with Crippen LogP contribution < -0.4 is 10.2 Å². The third kappa shape index (κ3) is 14.7. The number of hydrogen-bond acceptors (Lipinski definition) is 8. The molecule has 0 saturated carbocycles. The summed E-state index contributed by atoms with van der Waals surface area (Å²) in [6.07, 6.45) is 7.64. The Morgan fingerprint density at radius 2 is 1.04 bits per heavy atom. The topological polar surface area (TPSA) is 145 Å². The molecular weight excluding hydrogens is 663 g/mol. The number of aryl methyl sites for hydroxylation is 4. The van der Waals surface area contributed by atoms with Crippen LogP contribution in [0.5, 0.6) is 11.5 Å². The number of phenolic OH excluding ortho intramolecular Hbond substituents is 2. The molecule has 4 aromatic carbocycles. The van der Waals surface area contributed by atoms with Crippen molar-refractivity contribution in [2.45, 2.75) is 81.1 Å². The fourth-order valence-corrected chi connectivity index (χ4v) is 4.96.